The van der Waals surface area contributed by atoms with E-state index < -0.39 is 15.9 Å². The number of nitrogens with zero attached hydrogens (tertiary/aromatic N) is 1. The first kappa shape index (κ1) is 18.4. The van der Waals surface area contributed by atoms with Crippen molar-refractivity contribution in [1.29, 1.82) is 0 Å². The summed E-state index contributed by atoms with van der Waals surface area (Å²) < 4.78 is 26.8. The molecule has 1 heterocycles. The number of amides is 1. The highest BCUT2D eigenvalue weighted by Gasteiger charge is 2.28. The molecule has 26 heavy (non-hydrogen) atoms. The number of benzene rings is 2. The number of sulfonamides is 1. The van der Waals surface area contributed by atoms with Crippen LogP contribution in [0, 0.1) is 13.8 Å². The molecule has 3 rings (SSSR count). The predicted octanol–water partition coefficient (Wildman–Crippen LogP) is 3.05. The van der Waals surface area contributed by atoms with Gasteiger partial charge in [-0.1, -0.05) is 12.1 Å². The number of phenolic OH excluding ortho intramolecular Hbond substituents is 1. The fourth-order valence-electron chi connectivity index (χ4n) is 3.04. The third-order valence-electron chi connectivity index (χ3n) is 4.77. The van der Waals surface area contributed by atoms with Crippen molar-refractivity contribution in [2.45, 2.75) is 31.6 Å². The van der Waals surface area contributed by atoms with Crippen molar-refractivity contribution < 1.29 is 18.3 Å². The van der Waals surface area contributed by atoms with Crippen LogP contribution in [0.3, 0.4) is 0 Å². The summed E-state index contributed by atoms with van der Waals surface area (Å²) in [5.74, 6) is -0.568. The Balaban J connectivity index is 1.91. The normalized spacial score (nSPS) is 15.2. The third kappa shape index (κ3) is 3.45. The fourth-order valence-corrected chi connectivity index (χ4v) is 4.58. The Bertz CT molecular complexity index is 948. The molecule has 6 nitrogen and oxygen atoms in total. The summed E-state index contributed by atoms with van der Waals surface area (Å²) >= 11 is 0. The van der Waals surface area contributed by atoms with Gasteiger partial charge in [-0.2, -0.15) is 4.31 Å². The Morgan fingerprint density at radius 3 is 2.50 bits per heavy atom. The lowest BCUT2D eigenvalue weighted by Crippen LogP contribution is -2.28. The lowest BCUT2D eigenvalue weighted by Gasteiger charge is -2.17. The van der Waals surface area contributed by atoms with E-state index in [1.54, 1.807) is 12.1 Å². The minimum absolute atomic E-state index is 0.0634. The summed E-state index contributed by atoms with van der Waals surface area (Å²) in [4.78, 5) is 12.6. The van der Waals surface area contributed by atoms with Gasteiger partial charge in [0.2, 0.25) is 10.0 Å². The van der Waals surface area contributed by atoms with E-state index in [2.05, 4.69) is 5.32 Å². The molecule has 0 aromatic heterocycles. The molecule has 1 aliphatic heterocycles. The molecule has 1 fully saturated rings. The lowest BCUT2D eigenvalue weighted by atomic mass is 10.0. The molecule has 1 saturated heterocycles. The minimum Gasteiger partial charge on any atom is -0.506 e. The van der Waals surface area contributed by atoms with Crippen molar-refractivity contribution >= 4 is 21.6 Å². The topological polar surface area (TPSA) is 86.7 Å². The van der Waals surface area contributed by atoms with Gasteiger partial charge < -0.3 is 10.4 Å². The maximum absolute atomic E-state index is 12.7. The van der Waals surface area contributed by atoms with E-state index in [9.17, 15) is 18.3 Å². The lowest BCUT2D eigenvalue weighted by molar-refractivity contribution is 0.102. The Labute approximate surface area is 153 Å². The maximum atomic E-state index is 12.7. The first-order valence-electron chi connectivity index (χ1n) is 8.51. The van der Waals surface area contributed by atoms with Crippen LogP contribution in [0.1, 0.15) is 34.3 Å². The van der Waals surface area contributed by atoms with Gasteiger partial charge in [-0.3, -0.25) is 4.79 Å². The summed E-state index contributed by atoms with van der Waals surface area (Å²) in [6.07, 6.45) is 1.68. The first-order chi connectivity index (χ1) is 12.3. The number of aryl methyl sites for hydroxylation is 1. The van der Waals surface area contributed by atoms with E-state index in [4.69, 9.17) is 0 Å². The molecule has 0 aliphatic carbocycles. The number of anilines is 1. The number of nitrogens with one attached hydrogen (secondary N) is 1. The first-order valence-corrected chi connectivity index (χ1v) is 9.95. The maximum Gasteiger partial charge on any atom is 0.256 e. The SMILES string of the molecule is Cc1cccc(C(=O)Nc2cc(S(=O)(=O)N3CCCC3)ccc2O)c1C. The summed E-state index contributed by atoms with van der Waals surface area (Å²) in [5, 5.41) is 12.7. The molecule has 0 unspecified atom stereocenters. The number of carbonyl (C=O) groups is 1. The highest BCUT2D eigenvalue weighted by molar-refractivity contribution is 7.89. The Kier molecular flexibility index (Phi) is 5.02. The summed E-state index contributed by atoms with van der Waals surface area (Å²) in [6, 6.07) is 9.35. The molecule has 138 valence electrons. The number of hydrogen-bond acceptors (Lipinski definition) is 4. The Morgan fingerprint density at radius 1 is 1.12 bits per heavy atom. The summed E-state index contributed by atoms with van der Waals surface area (Å²) in [7, 11) is -3.62. The van der Waals surface area contributed by atoms with Gasteiger partial charge in [0.1, 0.15) is 5.75 Å². The van der Waals surface area contributed by atoms with Gasteiger partial charge in [0.25, 0.3) is 5.91 Å². The van der Waals surface area contributed by atoms with Crippen LogP contribution in [0.2, 0.25) is 0 Å². The number of rotatable bonds is 4. The molecule has 0 bridgehead atoms. The molecular formula is C19H22N2O4S. The third-order valence-corrected chi connectivity index (χ3v) is 6.66. The van der Waals surface area contributed by atoms with E-state index in [1.165, 1.54) is 22.5 Å². The van der Waals surface area contributed by atoms with Gasteiger partial charge in [0.05, 0.1) is 10.6 Å². The van der Waals surface area contributed by atoms with Gasteiger partial charge in [0.15, 0.2) is 0 Å². The van der Waals surface area contributed by atoms with Crippen molar-refractivity contribution in [3.8, 4) is 5.75 Å². The van der Waals surface area contributed by atoms with E-state index in [1.807, 2.05) is 19.9 Å². The molecule has 1 aliphatic rings. The van der Waals surface area contributed by atoms with E-state index in [0.717, 1.165) is 24.0 Å². The van der Waals surface area contributed by atoms with Crippen molar-refractivity contribution in [3.05, 3.63) is 53.1 Å². The van der Waals surface area contributed by atoms with Crippen LogP contribution < -0.4 is 5.32 Å². The molecule has 0 spiro atoms. The highest BCUT2D eigenvalue weighted by Crippen LogP contribution is 2.30. The fraction of sp³-hybridized carbons (Fsp3) is 0.316. The van der Waals surface area contributed by atoms with Crippen LogP contribution in [0.5, 0.6) is 5.75 Å². The Hall–Kier alpha value is -2.38. The predicted molar refractivity (Wildman–Crippen MR) is 100.0 cm³/mol. The number of hydrogen-bond donors (Lipinski definition) is 2. The number of phenols is 1. The van der Waals surface area contributed by atoms with Crippen LogP contribution >= 0.6 is 0 Å². The summed E-state index contributed by atoms with van der Waals surface area (Å²) in [5.41, 5.74) is 2.38. The van der Waals surface area contributed by atoms with E-state index in [0.29, 0.717) is 18.7 Å². The quantitative estimate of drug-likeness (QED) is 0.806. The van der Waals surface area contributed by atoms with E-state index >= 15 is 0 Å². The zero-order valence-electron chi connectivity index (χ0n) is 14.8. The monoisotopic (exact) mass is 374 g/mol. The molecule has 2 aromatic rings. The van der Waals surface area contributed by atoms with Crippen LogP contribution in [-0.2, 0) is 10.0 Å². The summed E-state index contributed by atoms with van der Waals surface area (Å²) in [6.45, 7) is 4.74. The highest BCUT2D eigenvalue weighted by atomic mass is 32.2. The van der Waals surface area contributed by atoms with Crippen LogP contribution in [0.15, 0.2) is 41.3 Å². The molecule has 0 radical (unpaired) electrons. The second-order valence-electron chi connectivity index (χ2n) is 6.49. The van der Waals surface area contributed by atoms with E-state index in [-0.39, 0.29) is 16.3 Å². The van der Waals surface area contributed by atoms with Crippen LogP contribution in [0.25, 0.3) is 0 Å². The molecular weight excluding hydrogens is 352 g/mol. The second kappa shape index (κ2) is 7.09. The molecule has 2 aromatic carbocycles. The van der Waals surface area contributed by atoms with Crippen LogP contribution in [-0.4, -0.2) is 36.8 Å². The molecule has 1 amide bonds. The van der Waals surface area contributed by atoms with Crippen LogP contribution in [0.4, 0.5) is 5.69 Å². The van der Waals surface area contributed by atoms with Crippen molar-refractivity contribution in [3.63, 3.8) is 0 Å². The molecule has 7 heteroatoms. The molecule has 0 atom stereocenters. The Morgan fingerprint density at radius 2 is 1.81 bits per heavy atom. The van der Waals surface area contributed by atoms with Gasteiger partial charge in [0, 0.05) is 18.7 Å². The van der Waals surface area contributed by atoms with Crippen molar-refractivity contribution in [2.75, 3.05) is 18.4 Å². The molecule has 0 saturated carbocycles. The average molecular weight is 374 g/mol. The zero-order valence-corrected chi connectivity index (χ0v) is 15.6. The zero-order chi connectivity index (χ0) is 18.9. The van der Waals surface area contributed by atoms with Gasteiger partial charge in [-0.25, -0.2) is 8.42 Å². The van der Waals surface area contributed by atoms with Gasteiger partial charge in [-0.05, 0) is 62.1 Å². The minimum atomic E-state index is -3.62. The van der Waals surface area contributed by atoms with Crippen molar-refractivity contribution in [2.24, 2.45) is 0 Å². The molecule has 2 N–H and O–H groups in total. The number of aromatic hydroxyl groups is 1. The van der Waals surface area contributed by atoms with Gasteiger partial charge >= 0.3 is 0 Å². The second-order valence-corrected chi connectivity index (χ2v) is 8.43. The number of carbonyl (C=O) groups excluding carboxylic acids is 1. The average Bonchev–Trinajstić information content (AvgIpc) is 3.14. The standard InChI is InChI=1S/C19H22N2O4S/c1-13-6-5-7-16(14(13)2)19(23)20-17-12-15(8-9-18(17)22)26(24,25)21-10-3-4-11-21/h5-9,12,22H,3-4,10-11H2,1-2H3,(H,20,23). The largest absolute Gasteiger partial charge is 0.506 e. The smallest absolute Gasteiger partial charge is 0.256 e. The van der Waals surface area contributed by atoms with Crippen molar-refractivity contribution in [1.82, 2.24) is 4.31 Å². The van der Waals surface area contributed by atoms with Gasteiger partial charge in [-0.15, -0.1) is 0 Å².